The SMILES string of the molecule is COCCN(CCOC)C(=O)[C@@H]1[C@H](C(=O)O)[C@H]2C=C[C@@H]1C2. The van der Waals surface area contributed by atoms with Crippen molar-refractivity contribution >= 4 is 11.9 Å². The van der Waals surface area contributed by atoms with Crippen molar-refractivity contribution < 1.29 is 24.2 Å². The highest BCUT2D eigenvalue weighted by Crippen LogP contribution is 2.48. The molecule has 2 aliphatic carbocycles. The number of rotatable bonds is 8. The van der Waals surface area contributed by atoms with Crippen molar-refractivity contribution in [3.05, 3.63) is 12.2 Å². The van der Waals surface area contributed by atoms with Gasteiger partial charge in [-0.1, -0.05) is 12.2 Å². The minimum Gasteiger partial charge on any atom is -0.481 e. The van der Waals surface area contributed by atoms with Crippen LogP contribution in [0.2, 0.25) is 0 Å². The first-order valence-corrected chi connectivity index (χ1v) is 7.28. The number of fused-ring (bicyclic) bond motifs is 2. The van der Waals surface area contributed by atoms with E-state index in [9.17, 15) is 14.7 Å². The third-order valence-electron chi connectivity index (χ3n) is 4.47. The van der Waals surface area contributed by atoms with Crippen molar-refractivity contribution in [2.45, 2.75) is 6.42 Å². The molecule has 2 bridgehead atoms. The van der Waals surface area contributed by atoms with Gasteiger partial charge in [-0.2, -0.15) is 0 Å². The third-order valence-corrected chi connectivity index (χ3v) is 4.47. The summed E-state index contributed by atoms with van der Waals surface area (Å²) in [6.45, 7) is 1.79. The van der Waals surface area contributed by atoms with Crippen LogP contribution in [0.1, 0.15) is 6.42 Å². The van der Waals surface area contributed by atoms with E-state index in [0.717, 1.165) is 6.42 Å². The molecular formula is C15H23NO5. The van der Waals surface area contributed by atoms with Crippen molar-refractivity contribution in [3.63, 3.8) is 0 Å². The molecule has 2 rings (SSSR count). The predicted molar refractivity (Wildman–Crippen MR) is 75.7 cm³/mol. The Labute approximate surface area is 124 Å². The first-order valence-electron chi connectivity index (χ1n) is 7.28. The maximum Gasteiger partial charge on any atom is 0.307 e. The highest BCUT2D eigenvalue weighted by molar-refractivity contribution is 5.87. The lowest BCUT2D eigenvalue weighted by atomic mass is 9.82. The summed E-state index contributed by atoms with van der Waals surface area (Å²) < 4.78 is 10.1. The summed E-state index contributed by atoms with van der Waals surface area (Å²) in [5, 5.41) is 9.43. The Bertz CT molecular complexity index is 414. The van der Waals surface area contributed by atoms with Crippen molar-refractivity contribution in [1.82, 2.24) is 4.90 Å². The van der Waals surface area contributed by atoms with E-state index in [0.29, 0.717) is 26.3 Å². The lowest BCUT2D eigenvalue weighted by Gasteiger charge is -2.30. The molecule has 1 saturated carbocycles. The van der Waals surface area contributed by atoms with Crippen LogP contribution < -0.4 is 0 Å². The predicted octanol–water partition coefficient (Wildman–Crippen LogP) is 0.631. The van der Waals surface area contributed by atoms with Gasteiger partial charge in [0, 0.05) is 27.3 Å². The molecule has 1 amide bonds. The lowest BCUT2D eigenvalue weighted by Crippen LogP contribution is -2.45. The number of carboxylic acids is 1. The minimum absolute atomic E-state index is 0.00634. The molecule has 0 aromatic rings. The molecular weight excluding hydrogens is 274 g/mol. The van der Waals surface area contributed by atoms with Crippen LogP contribution in [0.4, 0.5) is 0 Å². The van der Waals surface area contributed by atoms with Crippen LogP contribution in [0.15, 0.2) is 12.2 Å². The van der Waals surface area contributed by atoms with E-state index in [1.54, 1.807) is 19.1 Å². The molecule has 6 heteroatoms. The van der Waals surface area contributed by atoms with Crippen LogP contribution in [-0.2, 0) is 19.1 Å². The van der Waals surface area contributed by atoms with Gasteiger partial charge in [0.05, 0.1) is 25.0 Å². The molecule has 6 nitrogen and oxygen atoms in total. The van der Waals surface area contributed by atoms with Gasteiger partial charge in [0.15, 0.2) is 0 Å². The number of carboxylic acid groups (broad SMARTS) is 1. The number of aliphatic carboxylic acids is 1. The van der Waals surface area contributed by atoms with Gasteiger partial charge >= 0.3 is 5.97 Å². The highest BCUT2D eigenvalue weighted by Gasteiger charge is 2.52. The van der Waals surface area contributed by atoms with E-state index >= 15 is 0 Å². The number of nitrogens with zero attached hydrogens (tertiary/aromatic N) is 1. The Morgan fingerprint density at radius 2 is 1.62 bits per heavy atom. The molecule has 1 N–H and O–H groups in total. The Kier molecular flexibility index (Phi) is 5.36. The van der Waals surface area contributed by atoms with Crippen LogP contribution in [0, 0.1) is 23.7 Å². The van der Waals surface area contributed by atoms with E-state index in [4.69, 9.17) is 9.47 Å². The van der Waals surface area contributed by atoms with Gasteiger partial charge < -0.3 is 19.5 Å². The van der Waals surface area contributed by atoms with E-state index in [2.05, 4.69) is 0 Å². The average Bonchev–Trinajstić information content (AvgIpc) is 3.07. The summed E-state index contributed by atoms with van der Waals surface area (Å²) in [4.78, 5) is 26.0. The number of amides is 1. The van der Waals surface area contributed by atoms with Crippen molar-refractivity contribution in [2.75, 3.05) is 40.5 Å². The van der Waals surface area contributed by atoms with Gasteiger partial charge in [0.2, 0.25) is 5.91 Å². The smallest absolute Gasteiger partial charge is 0.307 e. The van der Waals surface area contributed by atoms with Crippen molar-refractivity contribution in [1.29, 1.82) is 0 Å². The van der Waals surface area contributed by atoms with Gasteiger partial charge in [-0.25, -0.2) is 0 Å². The number of hydrogen-bond donors (Lipinski definition) is 1. The molecule has 0 radical (unpaired) electrons. The van der Waals surface area contributed by atoms with Gasteiger partial charge in [0.1, 0.15) is 0 Å². The highest BCUT2D eigenvalue weighted by atomic mass is 16.5. The number of methoxy groups -OCH3 is 2. The second-order valence-corrected chi connectivity index (χ2v) is 5.65. The Morgan fingerprint density at radius 1 is 1.10 bits per heavy atom. The molecule has 4 atom stereocenters. The molecule has 0 heterocycles. The minimum atomic E-state index is -0.872. The van der Waals surface area contributed by atoms with Gasteiger partial charge in [-0.15, -0.1) is 0 Å². The normalized spacial score (nSPS) is 29.8. The van der Waals surface area contributed by atoms with E-state index in [1.807, 2.05) is 12.2 Å². The topological polar surface area (TPSA) is 76.1 Å². The summed E-state index contributed by atoms with van der Waals surface area (Å²) in [5.74, 6) is -1.97. The number of carbonyl (C=O) groups excluding carboxylic acids is 1. The Morgan fingerprint density at radius 3 is 2.10 bits per heavy atom. The summed E-state index contributed by atoms with van der Waals surface area (Å²) >= 11 is 0. The number of allylic oxidation sites excluding steroid dienone is 2. The first-order chi connectivity index (χ1) is 10.1. The van der Waals surface area contributed by atoms with Crippen molar-refractivity contribution in [3.8, 4) is 0 Å². The second kappa shape index (κ2) is 7.04. The molecule has 21 heavy (non-hydrogen) atoms. The zero-order chi connectivity index (χ0) is 15.4. The molecule has 0 spiro atoms. The quantitative estimate of drug-likeness (QED) is 0.665. The molecule has 0 aromatic heterocycles. The number of hydrogen-bond acceptors (Lipinski definition) is 4. The molecule has 2 aliphatic rings. The average molecular weight is 297 g/mol. The molecule has 0 aliphatic heterocycles. The number of carbonyl (C=O) groups is 2. The summed E-state index contributed by atoms with van der Waals surface area (Å²) in [6.07, 6.45) is 4.72. The Hall–Kier alpha value is -1.40. The van der Waals surface area contributed by atoms with Crippen molar-refractivity contribution in [2.24, 2.45) is 23.7 Å². The molecule has 1 fully saturated rings. The van der Waals surface area contributed by atoms with E-state index < -0.39 is 17.8 Å². The van der Waals surface area contributed by atoms with Crippen LogP contribution in [0.3, 0.4) is 0 Å². The lowest BCUT2D eigenvalue weighted by molar-refractivity contribution is -0.151. The van der Waals surface area contributed by atoms with Gasteiger partial charge in [-0.3, -0.25) is 9.59 Å². The monoisotopic (exact) mass is 297 g/mol. The third kappa shape index (κ3) is 3.27. The Balaban J connectivity index is 2.11. The summed E-state index contributed by atoms with van der Waals surface area (Å²) in [7, 11) is 3.17. The summed E-state index contributed by atoms with van der Waals surface area (Å²) in [6, 6.07) is 0. The van der Waals surface area contributed by atoms with Gasteiger partial charge in [0.25, 0.3) is 0 Å². The van der Waals surface area contributed by atoms with E-state index in [-0.39, 0.29) is 17.7 Å². The van der Waals surface area contributed by atoms with Gasteiger partial charge in [-0.05, 0) is 18.3 Å². The van der Waals surface area contributed by atoms with Crippen LogP contribution >= 0.6 is 0 Å². The maximum atomic E-state index is 12.8. The largest absolute Gasteiger partial charge is 0.481 e. The molecule has 0 aromatic carbocycles. The van der Waals surface area contributed by atoms with Crippen LogP contribution in [0.5, 0.6) is 0 Å². The fourth-order valence-corrected chi connectivity index (χ4v) is 3.44. The first kappa shape index (κ1) is 16.0. The standard InChI is InChI=1S/C15H23NO5/c1-20-7-5-16(6-8-21-2)14(17)12-10-3-4-11(9-10)13(12)15(18)19/h3-4,10-13H,5-9H2,1-2H3,(H,18,19)/t10-,11+,12+,13-/m1/s1. The van der Waals surface area contributed by atoms with Crippen LogP contribution in [0.25, 0.3) is 0 Å². The fraction of sp³-hybridized carbons (Fsp3) is 0.733. The molecule has 0 unspecified atom stereocenters. The zero-order valence-electron chi connectivity index (χ0n) is 12.5. The maximum absolute atomic E-state index is 12.8. The fourth-order valence-electron chi connectivity index (χ4n) is 3.44. The van der Waals surface area contributed by atoms with E-state index in [1.165, 1.54) is 0 Å². The number of ether oxygens (including phenoxy) is 2. The second-order valence-electron chi connectivity index (χ2n) is 5.65. The zero-order valence-corrected chi connectivity index (χ0v) is 12.5. The van der Waals surface area contributed by atoms with Crippen LogP contribution in [-0.4, -0.2) is 62.4 Å². The molecule has 118 valence electrons. The molecule has 0 saturated heterocycles. The summed E-state index contributed by atoms with van der Waals surface area (Å²) in [5.41, 5.74) is 0.